The first kappa shape index (κ1) is 19.6. The van der Waals surface area contributed by atoms with Crippen molar-refractivity contribution in [1.29, 1.82) is 0 Å². The second-order valence-electron chi connectivity index (χ2n) is 6.18. The van der Waals surface area contributed by atoms with Crippen molar-refractivity contribution in [2.45, 2.75) is 33.2 Å². The van der Waals surface area contributed by atoms with Crippen molar-refractivity contribution in [3.8, 4) is 17.2 Å². The van der Waals surface area contributed by atoms with Crippen molar-refractivity contribution in [1.82, 2.24) is 5.32 Å². The molecule has 0 atom stereocenters. The van der Waals surface area contributed by atoms with Gasteiger partial charge in [0.2, 0.25) is 11.7 Å². The molecule has 0 fully saturated rings. The lowest BCUT2D eigenvalue weighted by molar-refractivity contribution is -0.139. The molecule has 0 saturated carbocycles. The van der Waals surface area contributed by atoms with Crippen LogP contribution in [0.25, 0.3) is 0 Å². The molecule has 0 unspecified atom stereocenters. The van der Waals surface area contributed by atoms with E-state index in [4.69, 9.17) is 19.3 Å². The van der Waals surface area contributed by atoms with E-state index in [-0.39, 0.29) is 25.3 Å². The average molecular weight is 339 g/mol. The van der Waals surface area contributed by atoms with Crippen LogP contribution in [0.4, 0.5) is 0 Å². The maximum atomic E-state index is 12.1. The second-order valence-corrected chi connectivity index (χ2v) is 6.18. The van der Waals surface area contributed by atoms with E-state index in [9.17, 15) is 9.59 Å². The van der Waals surface area contributed by atoms with Gasteiger partial charge in [-0.15, -0.1) is 0 Å². The van der Waals surface area contributed by atoms with Gasteiger partial charge in [-0.2, -0.15) is 0 Å². The standard InChI is InChI=1S/C17H25NO6/c1-17(2,9-14(20)21)8-13(19)18-10-11-6-7-12(22-3)16(24-5)15(11)23-4/h6-7H,8-10H2,1-5H3,(H,18,19)(H,20,21). The number of carbonyl (C=O) groups is 2. The van der Waals surface area contributed by atoms with E-state index in [1.54, 1.807) is 26.0 Å². The fourth-order valence-electron chi connectivity index (χ4n) is 2.47. The molecule has 1 rings (SSSR count). The van der Waals surface area contributed by atoms with E-state index in [1.165, 1.54) is 21.3 Å². The lowest BCUT2D eigenvalue weighted by atomic mass is 9.85. The molecule has 0 aliphatic carbocycles. The van der Waals surface area contributed by atoms with Crippen LogP contribution in [-0.4, -0.2) is 38.3 Å². The molecule has 0 heterocycles. The molecule has 0 bridgehead atoms. The Morgan fingerprint density at radius 2 is 1.67 bits per heavy atom. The molecule has 1 aromatic carbocycles. The van der Waals surface area contributed by atoms with Crippen LogP contribution in [-0.2, 0) is 16.1 Å². The molecular formula is C17H25NO6. The molecule has 1 aromatic rings. The quantitative estimate of drug-likeness (QED) is 0.716. The first-order valence-electron chi connectivity index (χ1n) is 7.50. The third-order valence-corrected chi connectivity index (χ3v) is 3.53. The molecule has 7 nitrogen and oxygen atoms in total. The van der Waals surface area contributed by atoms with Crippen LogP contribution < -0.4 is 19.5 Å². The van der Waals surface area contributed by atoms with Crippen LogP contribution in [0.5, 0.6) is 17.2 Å². The summed E-state index contributed by atoms with van der Waals surface area (Å²) in [5, 5.41) is 11.7. The summed E-state index contributed by atoms with van der Waals surface area (Å²) in [4.78, 5) is 22.9. The largest absolute Gasteiger partial charge is 0.493 e. The van der Waals surface area contributed by atoms with Crippen LogP contribution in [0.2, 0.25) is 0 Å². The van der Waals surface area contributed by atoms with Gasteiger partial charge in [-0.3, -0.25) is 9.59 Å². The number of carbonyl (C=O) groups excluding carboxylic acids is 1. The molecule has 7 heteroatoms. The summed E-state index contributed by atoms with van der Waals surface area (Å²) < 4.78 is 15.9. The Bertz CT molecular complexity index is 597. The number of hydrogen-bond donors (Lipinski definition) is 2. The molecule has 0 aromatic heterocycles. The molecule has 0 saturated heterocycles. The van der Waals surface area contributed by atoms with Crippen LogP contribution in [0.1, 0.15) is 32.3 Å². The van der Waals surface area contributed by atoms with Gasteiger partial charge >= 0.3 is 5.97 Å². The van der Waals surface area contributed by atoms with E-state index >= 15 is 0 Å². The fourth-order valence-corrected chi connectivity index (χ4v) is 2.47. The normalized spacial score (nSPS) is 10.9. The third-order valence-electron chi connectivity index (χ3n) is 3.53. The number of rotatable bonds is 9. The summed E-state index contributed by atoms with van der Waals surface area (Å²) in [5.74, 6) is 0.333. The van der Waals surface area contributed by atoms with Gasteiger partial charge in [0.05, 0.1) is 27.8 Å². The van der Waals surface area contributed by atoms with E-state index < -0.39 is 11.4 Å². The maximum Gasteiger partial charge on any atom is 0.303 e. The summed E-state index contributed by atoms with van der Waals surface area (Å²) in [6, 6.07) is 3.51. The Morgan fingerprint density at radius 1 is 1.04 bits per heavy atom. The van der Waals surface area contributed by atoms with Gasteiger partial charge in [-0.25, -0.2) is 0 Å². The highest BCUT2D eigenvalue weighted by Crippen LogP contribution is 2.39. The SMILES string of the molecule is COc1ccc(CNC(=O)CC(C)(C)CC(=O)O)c(OC)c1OC. The van der Waals surface area contributed by atoms with Gasteiger partial charge in [-0.05, 0) is 17.5 Å². The van der Waals surface area contributed by atoms with E-state index in [0.29, 0.717) is 17.2 Å². The molecule has 24 heavy (non-hydrogen) atoms. The summed E-state index contributed by atoms with van der Waals surface area (Å²) in [6.07, 6.45) is 0.0506. The molecule has 0 spiro atoms. The van der Waals surface area contributed by atoms with Crippen molar-refractivity contribution in [2.24, 2.45) is 5.41 Å². The van der Waals surface area contributed by atoms with Crippen molar-refractivity contribution in [3.05, 3.63) is 17.7 Å². The van der Waals surface area contributed by atoms with Crippen molar-refractivity contribution < 1.29 is 28.9 Å². The molecular weight excluding hydrogens is 314 g/mol. The van der Waals surface area contributed by atoms with Crippen molar-refractivity contribution >= 4 is 11.9 Å². The Kier molecular flexibility index (Phi) is 6.88. The number of nitrogens with one attached hydrogen (secondary N) is 1. The molecule has 0 radical (unpaired) electrons. The zero-order valence-corrected chi connectivity index (χ0v) is 14.8. The lowest BCUT2D eigenvalue weighted by Crippen LogP contribution is -2.30. The van der Waals surface area contributed by atoms with Crippen molar-refractivity contribution in [2.75, 3.05) is 21.3 Å². The molecule has 0 aliphatic rings. The molecule has 0 aliphatic heterocycles. The summed E-state index contributed by atoms with van der Waals surface area (Å²) in [6.45, 7) is 3.74. The molecule has 134 valence electrons. The number of methoxy groups -OCH3 is 3. The number of carboxylic acids is 1. The van der Waals surface area contributed by atoms with Gasteiger partial charge in [-0.1, -0.05) is 13.8 Å². The Morgan fingerprint density at radius 3 is 2.17 bits per heavy atom. The Hall–Kier alpha value is -2.44. The zero-order chi connectivity index (χ0) is 18.3. The fraction of sp³-hybridized carbons (Fsp3) is 0.529. The van der Waals surface area contributed by atoms with E-state index in [0.717, 1.165) is 5.56 Å². The van der Waals surface area contributed by atoms with Crippen molar-refractivity contribution in [3.63, 3.8) is 0 Å². The summed E-state index contributed by atoms with van der Waals surface area (Å²) in [7, 11) is 4.55. The van der Waals surface area contributed by atoms with Gasteiger partial charge in [0.1, 0.15) is 0 Å². The zero-order valence-electron chi connectivity index (χ0n) is 14.8. The minimum absolute atomic E-state index is 0.0693. The van der Waals surface area contributed by atoms with Gasteiger partial charge in [0.15, 0.2) is 11.5 Å². The number of benzene rings is 1. The predicted octanol–water partition coefficient (Wildman–Crippen LogP) is 2.22. The number of aliphatic carboxylic acids is 1. The highest BCUT2D eigenvalue weighted by atomic mass is 16.5. The third kappa shape index (κ3) is 5.33. The van der Waals surface area contributed by atoms with Crippen LogP contribution in [0.15, 0.2) is 12.1 Å². The van der Waals surface area contributed by atoms with Gasteiger partial charge < -0.3 is 24.6 Å². The molecule has 1 amide bonds. The van der Waals surface area contributed by atoms with Gasteiger partial charge in [0.25, 0.3) is 0 Å². The Labute approximate surface area is 141 Å². The topological polar surface area (TPSA) is 94.1 Å². The smallest absolute Gasteiger partial charge is 0.303 e. The average Bonchev–Trinajstić information content (AvgIpc) is 2.49. The number of amides is 1. The van der Waals surface area contributed by atoms with Gasteiger partial charge in [0, 0.05) is 18.5 Å². The monoisotopic (exact) mass is 339 g/mol. The number of ether oxygens (including phenoxy) is 3. The van der Waals surface area contributed by atoms with E-state index in [2.05, 4.69) is 5.32 Å². The lowest BCUT2D eigenvalue weighted by Gasteiger charge is -2.22. The predicted molar refractivity (Wildman–Crippen MR) is 88.6 cm³/mol. The number of hydrogen-bond acceptors (Lipinski definition) is 5. The van der Waals surface area contributed by atoms with Crippen LogP contribution >= 0.6 is 0 Å². The van der Waals surface area contributed by atoms with Crippen LogP contribution in [0, 0.1) is 5.41 Å². The first-order valence-corrected chi connectivity index (χ1v) is 7.50. The highest BCUT2D eigenvalue weighted by molar-refractivity contribution is 5.78. The minimum Gasteiger partial charge on any atom is -0.493 e. The summed E-state index contributed by atoms with van der Waals surface area (Å²) in [5.41, 5.74) is 0.122. The second kappa shape index (κ2) is 8.42. The van der Waals surface area contributed by atoms with E-state index in [1.807, 2.05) is 0 Å². The minimum atomic E-state index is -0.922. The number of carboxylic acid groups (broad SMARTS) is 1. The van der Waals surface area contributed by atoms with Crippen LogP contribution in [0.3, 0.4) is 0 Å². The maximum absolute atomic E-state index is 12.1. The Balaban J connectivity index is 2.80. The molecule has 2 N–H and O–H groups in total. The summed E-state index contributed by atoms with van der Waals surface area (Å²) >= 11 is 0. The first-order chi connectivity index (χ1) is 11.2. The highest BCUT2D eigenvalue weighted by Gasteiger charge is 2.25.